The zero-order valence-electron chi connectivity index (χ0n) is 13.6. The van der Waals surface area contributed by atoms with Crippen molar-refractivity contribution >= 4 is 27.5 Å². The van der Waals surface area contributed by atoms with Gasteiger partial charge in [0.15, 0.2) is 5.82 Å². The van der Waals surface area contributed by atoms with E-state index in [9.17, 15) is 10.5 Å². The number of aliphatic imine (C=N–C) groups is 1. The van der Waals surface area contributed by atoms with Crippen molar-refractivity contribution in [2.75, 3.05) is 0 Å². The Balaban J connectivity index is 2.27. The Kier molecular flexibility index (Phi) is 4.03. The van der Waals surface area contributed by atoms with Crippen molar-refractivity contribution in [3.63, 3.8) is 0 Å². The minimum Gasteiger partial charge on any atom is -0.261 e. The summed E-state index contributed by atoms with van der Waals surface area (Å²) in [6.45, 7) is 6.15. The first kappa shape index (κ1) is 16.4. The van der Waals surface area contributed by atoms with Crippen LogP contribution in [0.2, 0.25) is 0 Å². The van der Waals surface area contributed by atoms with Crippen molar-refractivity contribution in [1.82, 2.24) is 10.2 Å². The van der Waals surface area contributed by atoms with Gasteiger partial charge in [0.1, 0.15) is 6.07 Å². The molecule has 3 rings (SSSR count). The Bertz CT molecular complexity index is 905. The fraction of sp³-hybridized carbons (Fsp3) is 0.333. The second kappa shape index (κ2) is 5.89. The summed E-state index contributed by atoms with van der Waals surface area (Å²) >= 11 is 3.54. The maximum Gasteiger partial charge on any atom is 0.151 e. The van der Waals surface area contributed by atoms with E-state index in [2.05, 4.69) is 64.0 Å². The second-order valence-electron chi connectivity index (χ2n) is 6.83. The van der Waals surface area contributed by atoms with E-state index in [1.54, 1.807) is 12.3 Å². The monoisotopic (exact) mass is 381 g/mol. The van der Waals surface area contributed by atoms with Gasteiger partial charge in [0.2, 0.25) is 0 Å². The quantitative estimate of drug-likeness (QED) is 0.790. The van der Waals surface area contributed by atoms with E-state index in [4.69, 9.17) is 0 Å². The van der Waals surface area contributed by atoms with E-state index < -0.39 is 5.92 Å². The third-order valence-corrected chi connectivity index (χ3v) is 5.12. The molecule has 120 valence electrons. The lowest BCUT2D eigenvalue weighted by Gasteiger charge is -2.34. The first-order chi connectivity index (χ1) is 11.4. The van der Waals surface area contributed by atoms with Crippen LogP contribution in [0.1, 0.15) is 43.4 Å². The molecule has 2 unspecified atom stereocenters. The summed E-state index contributed by atoms with van der Waals surface area (Å²) in [5.41, 5.74) is 2.90. The van der Waals surface area contributed by atoms with Gasteiger partial charge < -0.3 is 0 Å². The molecule has 0 saturated heterocycles. The molecule has 0 radical (unpaired) electrons. The van der Waals surface area contributed by atoms with Gasteiger partial charge in [-0.3, -0.25) is 5.10 Å². The molecule has 2 aromatic rings. The van der Waals surface area contributed by atoms with Gasteiger partial charge >= 0.3 is 0 Å². The summed E-state index contributed by atoms with van der Waals surface area (Å²) in [5, 5.41) is 26.2. The first-order valence-electron chi connectivity index (χ1n) is 7.59. The summed E-state index contributed by atoms with van der Waals surface area (Å²) in [6, 6.07) is 10.2. The summed E-state index contributed by atoms with van der Waals surface area (Å²) in [6.07, 6.45) is 1.72. The number of H-pyrrole nitrogens is 1. The number of rotatable bonds is 1. The SMILES string of the molecule is CC(C)(C)C1=Nc2[nH]ncc2C(c2cccc(C#N)c2Br)C1C#N. The van der Waals surface area contributed by atoms with Crippen LogP contribution in [0.25, 0.3) is 0 Å². The molecule has 0 spiro atoms. The van der Waals surface area contributed by atoms with Gasteiger partial charge in [0, 0.05) is 27.1 Å². The van der Waals surface area contributed by atoms with Gasteiger partial charge in [0.05, 0.1) is 23.7 Å². The van der Waals surface area contributed by atoms with E-state index in [0.717, 1.165) is 21.3 Å². The Morgan fingerprint density at radius 3 is 2.58 bits per heavy atom. The summed E-state index contributed by atoms with van der Waals surface area (Å²) < 4.78 is 0.722. The Labute approximate surface area is 149 Å². The lowest BCUT2D eigenvalue weighted by Crippen LogP contribution is -2.34. The zero-order valence-corrected chi connectivity index (χ0v) is 15.2. The standard InChI is InChI=1S/C18H16BrN5/c1-18(2,3)16-12(8-21)14(13-9-22-24-17(13)23-16)11-6-4-5-10(7-20)15(11)19/h4-6,9,12,14H,1-3H3,(H,22,24). The van der Waals surface area contributed by atoms with Gasteiger partial charge in [-0.1, -0.05) is 32.9 Å². The van der Waals surface area contributed by atoms with Crippen LogP contribution in [0.3, 0.4) is 0 Å². The van der Waals surface area contributed by atoms with Crippen LogP contribution in [0.4, 0.5) is 5.82 Å². The molecule has 1 aliphatic rings. The van der Waals surface area contributed by atoms with Crippen LogP contribution in [0.15, 0.2) is 33.9 Å². The number of aromatic amines is 1. The molecule has 2 heterocycles. The number of halogens is 1. The highest BCUT2D eigenvalue weighted by Gasteiger charge is 2.41. The number of hydrogen-bond acceptors (Lipinski definition) is 4. The van der Waals surface area contributed by atoms with Gasteiger partial charge in [0.25, 0.3) is 0 Å². The highest BCUT2D eigenvalue weighted by atomic mass is 79.9. The molecule has 24 heavy (non-hydrogen) atoms. The van der Waals surface area contributed by atoms with Crippen molar-refractivity contribution in [3.05, 3.63) is 45.6 Å². The third kappa shape index (κ3) is 2.53. The highest BCUT2D eigenvalue weighted by molar-refractivity contribution is 9.10. The van der Waals surface area contributed by atoms with E-state index in [0.29, 0.717) is 11.4 Å². The topological polar surface area (TPSA) is 88.6 Å². The van der Waals surface area contributed by atoms with Crippen LogP contribution in [0.5, 0.6) is 0 Å². The molecule has 5 nitrogen and oxygen atoms in total. The number of aromatic nitrogens is 2. The van der Waals surface area contributed by atoms with Gasteiger partial charge in [-0.05, 0) is 27.6 Å². The third-order valence-electron chi connectivity index (χ3n) is 4.23. The van der Waals surface area contributed by atoms with Gasteiger partial charge in [-0.15, -0.1) is 0 Å². The summed E-state index contributed by atoms with van der Waals surface area (Å²) in [4.78, 5) is 4.67. The minimum absolute atomic E-state index is 0.224. The average Bonchev–Trinajstić information content (AvgIpc) is 3.01. The molecule has 0 saturated carbocycles. The molecule has 1 N–H and O–H groups in total. The van der Waals surface area contributed by atoms with E-state index in [-0.39, 0.29) is 11.3 Å². The largest absolute Gasteiger partial charge is 0.261 e. The number of hydrogen-bond donors (Lipinski definition) is 1. The molecule has 0 aliphatic carbocycles. The normalized spacial score (nSPS) is 19.8. The van der Waals surface area contributed by atoms with Crippen LogP contribution in [0, 0.1) is 34.0 Å². The molecule has 0 bridgehead atoms. The van der Waals surface area contributed by atoms with Crippen LogP contribution >= 0.6 is 15.9 Å². The average molecular weight is 382 g/mol. The van der Waals surface area contributed by atoms with Crippen molar-refractivity contribution in [1.29, 1.82) is 10.5 Å². The van der Waals surface area contributed by atoms with E-state index in [1.807, 2.05) is 12.1 Å². The molecule has 0 fully saturated rings. The van der Waals surface area contributed by atoms with E-state index in [1.165, 1.54) is 0 Å². The fourth-order valence-corrected chi connectivity index (χ4v) is 3.73. The minimum atomic E-state index is -0.416. The fourth-order valence-electron chi connectivity index (χ4n) is 3.13. The zero-order chi connectivity index (χ0) is 17.5. The van der Waals surface area contributed by atoms with Crippen LogP contribution in [-0.2, 0) is 0 Å². The molecule has 6 heteroatoms. The molecule has 2 atom stereocenters. The van der Waals surface area contributed by atoms with Crippen LogP contribution in [-0.4, -0.2) is 15.9 Å². The Morgan fingerprint density at radius 2 is 1.96 bits per heavy atom. The van der Waals surface area contributed by atoms with Gasteiger partial charge in [-0.2, -0.15) is 15.6 Å². The molecule has 0 amide bonds. The number of nitriles is 2. The summed E-state index contributed by atoms with van der Waals surface area (Å²) in [5.74, 6) is 0.0455. The second-order valence-corrected chi connectivity index (χ2v) is 7.62. The Morgan fingerprint density at radius 1 is 1.21 bits per heavy atom. The molecule has 1 aromatic heterocycles. The highest BCUT2D eigenvalue weighted by Crippen LogP contribution is 2.46. The predicted octanol–water partition coefficient (Wildman–Crippen LogP) is 4.45. The predicted molar refractivity (Wildman–Crippen MR) is 94.9 cm³/mol. The van der Waals surface area contributed by atoms with Gasteiger partial charge in [-0.25, -0.2) is 4.99 Å². The lowest BCUT2D eigenvalue weighted by molar-refractivity contribution is 0.539. The van der Waals surface area contributed by atoms with Crippen molar-refractivity contribution in [3.8, 4) is 12.1 Å². The molecular weight excluding hydrogens is 366 g/mol. The molecule has 1 aromatic carbocycles. The molecule has 1 aliphatic heterocycles. The molecular formula is C18H16BrN5. The van der Waals surface area contributed by atoms with Crippen molar-refractivity contribution in [2.24, 2.45) is 16.3 Å². The van der Waals surface area contributed by atoms with E-state index >= 15 is 0 Å². The maximum atomic E-state index is 9.90. The number of fused-ring (bicyclic) bond motifs is 1. The number of nitrogens with zero attached hydrogens (tertiary/aromatic N) is 4. The first-order valence-corrected chi connectivity index (χ1v) is 8.38. The van der Waals surface area contributed by atoms with Crippen molar-refractivity contribution < 1.29 is 0 Å². The van der Waals surface area contributed by atoms with Crippen molar-refractivity contribution in [2.45, 2.75) is 26.7 Å². The van der Waals surface area contributed by atoms with Crippen LogP contribution < -0.4 is 0 Å². The number of benzene rings is 1. The smallest absolute Gasteiger partial charge is 0.151 e. The maximum absolute atomic E-state index is 9.90. The Hall–Kier alpha value is -2.44. The number of nitrogens with one attached hydrogen (secondary N) is 1. The summed E-state index contributed by atoms with van der Waals surface area (Å²) in [7, 11) is 0. The lowest BCUT2D eigenvalue weighted by atomic mass is 9.71.